The van der Waals surface area contributed by atoms with Gasteiger partial charge in [-0.15, -0.1) is 0 Å². The molecule has 0 aliphatic carbocycles. The molecule has 2 aromatic carbocycles. The SMILES string of the molecule is COc1ccc(NC(C)=O)cc1NS(=O)(=O)c1cc(Br)ccc1C. The zero-order chi connectivity index (χ0) is 17.9. The van der Waals surface area contributed by atoms with Crippen LogP contribution >= 0.6 is 15.9 Å². The first-order valence-corrected chi connectivity index (χ1v) is 9.25. The summed E-state index contributed by atoms with van der Waals surface area (Å²) >= 11 is 3.28. The topological polar surface area (TPSA) is 84.5 Å². The van der Waals surface area contributed by atoms with Crippen molar-refractivity contribution in [2.24, 2.45) is 0 Å². The molecule has 2 rings (SSSR count). The number of benzene rings is 2. The third-order valence-corrected chi connectivity index (χ3v) is 5.20. The number of aryl methyl sites for hydroxylation is 1. The first-order valence-electron chi connectivity index (χ1n) is 6.97. The summed E-state index contributed by atoms with van der Waals surface area (Å²) in [5.74, 6) is 0.0946. The molecule has 2 N–H and O–H groups in total. The maximum absolute atomic E-state index is 12.7. The standard InChI is InChI=1S/C16H17BrN2O4S/c1-10-4-5-12(17)8-16(10)24(21,22)19-14-9-13(18-11(2)20)6-7-15(14)23-3/h4-9,19H,1-3H3,(H,18,20). The maximum atomic E-state index is 12.7. The molecule has 0 bridgehead atoms. The molecule has 0 saturated carbocycles. The molecule has 0 aromatic heterocycles. The lowest BCUT2D eigenvalue weighted by Gasteiger charge is -2.15. The molecule has 2 aromatic rings. The Kier molecular flexibility index (Phi) is 5.51. The highest BCUT2D eigenvalue weighted by molar-refractivity contribution is 9.10. The van der Waals surface area contributed by atoms with Gasteiger partial charge in [0.2, 0.25) is 5.91 Å². The Morgan fingerprint density at radius 3 is 2.50 bits per heavy atom. The van der Waals surface area contributed by atoms with Crippen molar-refractivity contribution in [2.75, 3.05) is 17.1 Å². The van der Waals surface area contributed by atoms with Crippen LogP contribution in [0.15, 0.2) is 45.8 Å². The molecule has 0 heterocycles. The van der Waals surface area contributed by atoms with Gasteiger partial charge in [-0.3, -0.25) is 9.52 Å². The second-order valence-corrected chi connectivity index (χ2v) is 7.68. The molecule has 128 valence electrons. The van der Waals surface area contributed by atoms with E-state index in [0.717, 1.165) is 0 Å². The van der Waals surface area contributed by atoms with Crippen LogP contribution in [-0.2, 0) is 14.8 Å². The van der Waals surface area contributed by atoms with Gasteiger partial charge in [-0.25, -0.2) is 8.42 Å². The van der Waals surface area contributed by atoms with Crippen molar-refractivity contribution in [1.82, 2.24) is 0 Å². The maximum Gasteiger partial charge on any atom is 0.262 e. The van der Waals surface area contributed by atoms with E-state index in [1.54, 1.807) is 31.2 Å². The van der Waals surface area contributed by atoms with Gasteiger partial charge in [-0.05, 0) is 42.8 Å². The smallest absolute Gasteiger partial charge is 0.262 e. The van der Waals surface area contributed by atoms with Gasteiger partial charge in [0.25, 0.3) is 10.0 Å². The highest BCUT2D eigenvalue weighted by Gasteiger charge is 2.19. The van der Waals surface area contributed by atoms with E-state index in [1.165, 1.54) is 26.2 Å². The summed E-state index contributed by atoms with van der Waals surface area (Å²) in [6, 6.07) is 9.72. The van der Waals surface area contributed by atoms with Crippen LogP contribution < -0.4 is 14.8 Å². The van der Waals surface area contributed by atoms with Gasteiger partial charge in [0.1, 0.15) is 5.75 Å². The average molecular weight is 413 g/mol. The zero-order valence-electron chi connectivity index (χ0n) is 13.4. The second kappa shape index (κ2) is 7.23. The molecule has 1 amide bonds. The number of carbonyl (C=O) groups is 1. The highest BCUT2D eigenvalue weighted by Crippen LogP contribution is 2.31. The number of hydrogen-bond donors (Lipinski definition) is 2. The van der Waals surface area contributed by atoms with Gasteiger partial charge < -0.3 is 10.1 Å². The minimum atomic E-state index is -3.82. The minimum absolute atomic E-state index is 0.156. The Bertz CT molecular complexity index is 882. The molecule has 24 heavy (non-hydrogen) atoms. The quantitative estimate of drug-likeness (QED) is 0.786. The fraction of sp³-hybridized carbons (Fsp3) is 0.188. The van der Waals surface area contributed by atoms with Crippen LogP contribution in [0, 0.1) is 6.92 Å². The number of methoxy groups -OCH3 is 1. The van der Waals surface area contributed by atoms with E-state index in [0.29, 0.717) is 21.5 Å². The van der Waals surface area contributed by atoms with Crippen molar-refractivity contribution in [3.05, 3.63) is 46.4 Å². The third-order valence-electron chi connectivity index (χ3n) is 3.20. The van der Waals surface area contributed by atoms with Crippen molar-refractivity contribution >= 4 is 43.2 Å². The van der Waals surface area contributed by atoms with Crippen LogP contribution in [0.3, 0.4) is 0 Å². The van der Waals surface area contributed by atoms with Gasteiger partial charge in [-0.2, -0.15) is 0 Å². The number of ether oxygens (including phenoxy) is 1. The van der Waals surface area contributed by atoms with Crippen molar-refractivity contribution in [3.8, 4) is 5.75 Å². The summed E-state index contributed by atoms with van der Waals surface area (Å²) < 4.78 is 33.8. The fourth-order valence-corrected chi connectivity index (χ4v) is 3.98. The van der Waals surface area contributed by atoms with E-state index in [1.807, 2.05) is 0 Å². The Morgan fingerprint density at radius 2 is 1.88 bits per heavy atom. The van der Waals surface area contributed by atoms with E-state index >= 15 is 0 Å². The van der Waals surface area contributed by atoms with Crippen molar-refractivity contribution < 1.29 is 17.9 Å². The van der Waals surface area contributed by atoms with E-state index in [4.69, 9.17) is 4.74 Å². The van der Waals surface area contributed by atoms with E-state index in [9.17, 15) is 13.2 Å². The zero-order valence-corrected chi connectivity index (χ0v) is 15.8. The Hall–Kier alpha value is -2.06. The molecule has 0 aliphatic heterocycles. The summed E-state index contributed by atoms with van der Waals surface area (Å²) in [5.41, 5.74) is 1.32. The normalized spacial score (nSPS) is 11.0. The molecular formula is C16H17BrN2O4S. The molecule has 0 unspecified atom stereocenters. The van der Waals surface area contributed by atoms with Crippen LogP contribution in [0.1, 0.15) is 12.5 Å². The van der Waals surface area contributed by atoms with Crippen LogP contribution in [0.2, 0.25) is 0 Å². The van der Waals surface area contributed by atoms with E-state index in [2.05, 4.69) is 26.0 Å². The van der Waals surface area contributed by atoms with Gasteiger partial charge in [-0.1, -0.05) is 22.0 Å². The number of rotatable bonds is 5. The number of anilines is 2. The number of hydrogen-bond acceptors (Lipinski definition) is 4. The Balaban J connectivity index is 2.44. The average Bonchev–Trinajstić information content (AvgIpc) is 2.49. The molecule has 0 spiro atoms. The van der Waals surface area contributed by atoms with Crippen LogP contribution in [0.25, 0.3) is 0 Å². The number of carbonyl (C=O) groups excluding carboxylic acids is 1. The molecule has 0 fully saturated rings. The van der Waals surface area contributed by atoms with Gasteiger partial charge in [0.05, 0.1) is 17.7 Å². The lowest BCUT2D eigenvalue weighted by Crippen LogP contribution is -2.15. The summed E-state index contributed by atoms with van der Waals surface area (Å²) in [6.07, 6.45) is 0. The van der Waals surface area contributed by atoms with Gasteiger partial charge >= 0.3 is 0 Å². The monoisotopic (exact) mass is 412 g/mol. The molecule has 6 nitrogen and oxygen atoms in total. The molecule has 8 heteroatoms. The first kappa shape index (κ1) is 18.3. The molecule has 0 saturated heterocycles. The molecular weight excluding hydrogens is 396 g/mol. The number of halogens is 1. The van der Waals surface area contributed by atoms with Crippen molar-refractivity contribution in [2.45, 2.75) is 18.7 Å². The van der Waals surface area contributed by atoms with E-state index in [-0.39, 0.29) is 16.5 Å². The van der Waals surface area contributed by atoms with Gasteiger partial charge in [0, 0.05) is 17.1 Å². The van der Waals surface area contributed by atoms with Gasteiger partial charge in [0.15, 0.2) is 0 Å². The van der Waals surface area contributed by atoms with E-state index < -0.39 is 10.0 Å². The largest absolute Gasteiger partial charge is 0.495 e. The highest BCUT2D eigenvalue weighted by atomic mass is 79.9. The van der Waals surface area contributed by atoms with Crippen LogP contribution in [0.5, 0.6) is 5.75 Å². The summed E-state index contributed by atoms with van der Waals surface area (Å²) in [4.78, 5) is 11.3. The van der Waals surface area contributed by atoms with Crippen molar-refractivity contribution in [3.63, 3.8) is 0 Å². The van der Waals surface area contributed by atoms with Crippen LogP contribution in [-0.4, -0.2) is 21.4 Å². The first-order chi connectivity index (χ1) is 11.2. The predicted octanol–water partition coefficient (Wildman–Crippen LogP) is 3.53. The molecule has 0 aliphatic rings. The minimum Gasteiger partial charge on any atom is -0.495 e. The Morgan fingerprint density at radius 1 is 1.17 bits per heavy atom. The number of sulfonamides is 1. The summed E-state index contributed by atoms with van der Waals surface area (Å²) in [5, 5.41) is 2.61. The fourth-order valence-electron chi connectivity index (χ4n) is 2.13. The molecule has 0 atom stereocenters. The lowest BCUT2D eigenvalue weighted by atomic mass is 10.2. The molecule has 0 radical (unpaired) electrons. The predicted molar refractivity (Wildman–Crippen MR) is 97.0 cm³/mol. The van der Waals surface area contributed by atoms with Crippen molar-refractivity contribution in [1.29, 1.82) is 0 Å². The number of amides is 1. The number of nitrogens with one attached hydrogen (secondary N) is 2. The third kappa shape index (κ3) is 4.27. The van der Waals surface area contributed by atoms with Crippen LogP contribution in [0.4, 0.5) is 11.4 Å². The lowest BCUT2D eigenvalue weighted by molar-refractivity contribution is -0.114. The summed E-state index contributed by atoms with van der Waals surface area (Å²) in [6.45, 7) is 3.09. The summed E-state index contributed by atoms with van der Waals surface area (Å²) in [7, 11) is -2.38. The second-order valence-electron chi connectivity index (χ2n) is 5.11. The Labute approximate surface area is 149 Å².